The van der Waals surface area contributed by atoms with Crippen LogP contribution < -0.4 is 9.80 Å². The number of hydrogen-bond acceptors (Lipinski definition) is 6. The van der Waals surface area contributed by atoms with Gasteiger partial charge in [-0.1, -0.05) is 12.1 Å². The van der Waals surface area contributed by atoms with E-state index in [1.807, 2.05) is 0 Å². The molecule has 0 fully saturated rings. The van der Waals surface area contributed by atoms with E-state index in [4.69, 9.17) is 20.4 Å². The molecule has 1 rings (SSSR count). The molecule has 0 aliphatic heterocycles. The van der Waals surface area contributed by atoms with E-state index < -0.39 is 50.1 Å². The van der Waals surface area contributed by atoms with Crippen LogP contribution in [0.4, 0.5) is 11.4 Å². The molecule has 1 aromatic carbocycles. The van der Waals surface area contributed by atoms with Gasteiger partial charge in [-0.2, -0.15) is 0 Å². The Kier molecular flexibility index (Phi) is 6.53. The largest absolute Gasteiger partial charge is 0.480 e. The van der Waals surface area contributed by atoms with Gasteiger partial charge in [0.2, 0.25) is 0 Å². The van der Waals surface area contributed by atoms with Crippen molar-refractivity contribution in [1.29, 1.82) is 0 Å². The lowest BCUT2D eigenvalue weighted by molar-refractivity contribution is -0.138. The van der Waals surface area contributed by atoms with Crippen molar-refractivity contribution in [1.82, 2.24) is 0 Å². The molecule has 0 amide bonds. The number of para-hydroxylation sites is 2. The molecule has 0 radical (unpaired) electrons. The third-order valence-electron chi connectivity index (χ3n) is 2.87. The summed E-state index contributed by atoms with van der Waals surface area (Å²) in [7, 11) is 0. The Bertz CT molecular complexity index is 558. The highest BCUT2D eigenvalue weighted by Crippen LogP contribution is 2.29. The van der Waals surface area contributed by atoms with E-state index in [0.29, 0.717) is 0 Å². The van der Waals surface area contributed by atoms with Crippen molar-refractivity contribution >= 4 is 35.3 Å². The minimum absolute atomic E-state index is 0.116. The quantitative estimate of drug-likeness (QED) is 0.443. The summed E-state index contributed by atoms with van der Waals surface area (Å²) >= 11 is 0. The number of carboxylic acids is 4. The highest BCUT2D eigenvalue weighted by Gasteiger charge is 2.22. The minimum Gasteiger partial charge on any atom is -0.480 e. The van der Waals surface area contributed by atoms with Crippen LogP contribution in [-0.4, -0.2) is 70.5 Å². The van der Waals surface area contributed by atoms with E-state index >= 15 is 0 Å². The number of nitrogens with zero attached hydrogens (tertiary/aromatic N) is 2. The Morgan fingerprint density at radius 1 is 0.625 bits per heavy atom. The normalized spacial score (nSPS) is 10.0. The van der Waals surface area contributed by atoms with E-state index in [2.05, 4.69) is 0 Å². The summed E-state index contributed by atoms with van der Waals surface area (Å²) in [5.74, 6) is -5.13. The second-order valence-electron chi connectivity index (χ2n) is 4.78. The highest BCUT2D eigenvalue weighted by molar-refractivity contribution is 5.87. The first-order valence-corrected chi connectivity index (χ1v) is 6.66. The van der Waals surface area contributed by atoms with Crippen LogP contribution in [-0.2, 0) is 19.2 Å². The summed E-state index contributed by atoms with van der Waals surface area (Å²) in [4.78, 5) is 45.9. The molecule has 4 N–H and O–H groups in total. The fourth-order valence-electron chi connectivity index (χ4n) is 2.10. The van der Waals surface area contributed by atoms with Crippen LogP contribution in [0.15, 0.2) is 24.3 Å². The Hall–Kier alpha value is -3.30. The van der Waals surface area contributed by atoms with Gasteiger partial charge in [0.1, 0.15) is 26.2 Å². The van der Waals surface area contributed by atoms with Gasteiger partial charge in [-0.15, -0.1) is 0 Å². The van der Waals surface area contributed by atoms with Crippen LogP contribution in [0.5, 0.6) is 0 Å². The second kappa shape index (κ2) is 8.36. The van der Waals surface area contributed by atoms with Crippen molar-refractivity contribution in [2.45, 2.75) is 0 Å². The first-order valence-electron chi connectivity index (χ1n) is 6.66. The summed E-state index contributed by atoms with van der Waals surface area (Å²) in [6.07, 6.45) is 0. The first kappa shape index (κ1) is 18.7. The maximum Gasteiger partial charge on any atom is 0.323 e. The number of aliphatic carboxylic acids is 4. The van der Waals surface area contributed by atoms with Crippen LogP contribution in [0.2, 0.25) is 0 Å². The zero-order chi connectivity index (χ0) is 18.3. The smallest absolute Gasteiger partial charge is 0.323 e. The fourth-order valence-corrected chi connectivity index (χ4v) is 2.10. The zero-order valence-corrected chi connectivity index (χ0v) is 12.5. The van der Waals surface area contributed by atoms with E-state index in [0.717, 1.165) is 9.80 Å². The number of hydrogen-bond donors (Lipinski definition) is 4. The topological polar surface area (TPSA) is 156 Å². The van der Waals surface area contributed by atoms with Gasteiger partial charge in [-0.25, -0.2) is 0 Å². The maximum atomic E-state index is 11.0. The predicted octanol–water partition coefficient (Wildman–Crippen LogP) is -0.362. The lowest BCUT2D eigenvalue weighted by Gasteiger charge is -2.29. The van der Waals surface area contributed by atoms with E-state index in [-0.39, 0.29) is 11.4 Å². The molecule has 10 heteroatoms. The van der Waals surface area contributed by atoms with E-state index in [1.54, 1.807) is 0 Å². The van der Waals surface area contributed by atoms with Gasteiger partial charge in [0.05, 0.1) is 11.4 Å². The predicted molar refractivity (Wildman–Crippen MR) is 81.4 cm³/mol. The fraction of sp³-hybridized carbons (Fsp3) is 0.286. The Labute approximate surface area is 136 Å². The van der Waals surface area contributed by atoms with Crippen molar-refractivity contribution in [2.24, 2.45) is 0 Å². The molecule has 0 bridgehead atoms. The van der Waals surface area contributed by atoms with Crippen LogP contribution >= 0.6 is 0 Å². The summed E-state index contributed by atoms with van der Waals surface area (Å²) < 4.78 is 0. The monoisotopic (exact) mass is 340 g/mol. The summed E-state index contributed by atoms with van der Waals surface area (Å²) in [5.41, 5.74) is 0.231. The van der Waals surface area contributed by atoms with Gasteiger partial charge in [-0.05, 0) is 12.1 Å². The molecule has 0 atom stereocenters. The molecule has 0 aliphatic rings. The molecular formula is C14H16N2O8. The van der Waals surface area contributed by atoms with Crippen molar-refractivity contribution < 1.29 is 39.6 Å². The third-order valence-corrected chi connectivity index (χ3v) is 2.87. The Balaban J connectivity index is 3.30. The van der Waals surface area contributed by atoms with E-state index in [1.165, 1.54) is 24.3 Å². The van der Waals surface area contributed by atoms with Gasteiger partial charge in [-0.3, -0.25) is 19.2 Å². The number of carbonyl (C=O) groups is 4. The standard InChI is InChI=1S/C14H16N2O8/c17-11(18)5-15(6-12(19)20)9-3-1-2-4-10(9)16(7-13(21)22)8-14(23)24/h1-4H,5-8H2,(H,17,18)(H,19,20)(H,21,22)(H,23,24). The van der Waals surface area contributed by atoms with Gasteiger partial charge >= 0.3 is 23.9 Å². The van der Waals surface area contributed by atoms with Gasteiger partial charge in [0, 0.05) is 0 Å². The highest BCUT2D eigenvalue weighted by atomic mass is 16.4. The summed E-state index contributed by atoms with van der Waals surface area (Å²) in [6, 6.07) is 5.82. The van der Waals surface area contributed by atoms with Gasteiger partial charge < -0.3 is 30.2 Å². The molecule has 1 aromatic rings. The molecule has 0 aromatic heterocycles. The lowest BCUT2D eigenvalue weighted by atomic mass is 10.2. The average Bonchev–Trinajstić information content (AvgIpc) is 2.44. The van der Waals surface area contributed by atoms with Crippen LogP contribution in [0.3, 0.4) is 0 Å². The minimum atomic E-state index is -1.28. The molecule has 10 nitrogen and oxygen atoms in total. The molecule has 130 valence electrons. The van der Waals surface area contributed by atoms with Gasteiger partial charge in [0.25, 0.3) is 0 Å². The van der Waals surface area contributed by atoms with Crippen molar-refractivity contribution in [3.63, 3.8) is 0 Å². The molecule has 0 spiro atoms. The van der Waals surface area contributed by atoms with Crippen LogP contribution in [0.1, 0.15) is 0 Å². The molecule has 0 unspecified atom stereocenters. The van der Waals surface area contributed by atoms with E-state index in [9.17, 15) is 19.2 Å². The SMILES string of the molecule is O=C(O)CN(CC(=O)O)c1ccccc1N(CC(=O)O)CC(=O)O. The van der Waals surface area contributed by atoms with Gasteiger partial charge in [0.15, 0.2) is 0 Å². The first-order chi connectivity index (χ1) is 11.2. The summed E-state index contributed by atoms with van der Waals surface area (Å²) in [6.45, 7) is -2.57. The van der Waals surface area contributed by atoms with Crippen LogP contribution in [0.25, 0.3) is 0 Å². The zero-order valence-electron chi connectivity index (χ0n) is 12.5. The molecule has 24 heavy (non-hydrogen) atoms. The molecule has 0 heterocycles. The Morgan fingerprint density at radius 3 is 1.08 bits per heavy atom. The number of rotatable bonds is 10. The molecular weight excluding hydrogens is 324 g/mol. The van der Waals surface area contributed by atoms with Crippen LogP contribution in [0, 0.1) is 0 Å². The number of anilines is 2. The average molecular weight is 340 g/mol. The van der Waals surface area contributed by atoms with Crippen molar-refractivity contribution in [2.75, 3.05) is 36.0 Å². The third kappa shape index (κ3) is 5.83. The lowest BCUT2D eigenvalue weighted by Crippen LogP contribution is -2.38. The molecule has 0 aliphatic carbocycles. The number of carboxylic acid groups (broad SMARTS) is 4. The molecule has 0 saturated carbocycles. The number of benzene rings is 1. The second-order valence-corrected chi connectivity index (χ2v) is 4.78. The maximum absolute atomic E-state index is 11.0. The Morgan fingerprint density at radius 2 is 0.875 bits per heavy atom. The van der Waals surface area contributed by atoms with Crippen molar-refractivity contribution in [3.8, 4) is 0 Å². The molecule has 0 saturated heterocycles. The van der Waals surface area contributed by atoms with Crippen molar-refractivity contribution in [3.05, 3.63) is 24.3 Å². The summed E-state index contributed by atoms with van der Waals surface area (Å²) in [5, 5.41) is 35.8.